The largest absolute Gasteiger partial charge is 0.373 e. The van der Waals surface area contributed by atoms with Crippen molar-refractivity contribution in [3.8, 4) is 0 Å². The number of carbonyl (C=O) groups excluding carboxylic acids is 1. The fourth-order valence-electron chi connectivity index (χ4n) is 3.01. The van der Waals surface area contributed by atoms with Gasteiger partial charge in [-0.3, -0.25) is 4.68 Å². The number of anilines is 2. The number of aryl methyl sites for hydroxylation is 2. The fourth-order valence-corrected chi connectivity index (χ4v) is 3.01. The van der Waals surface area contributed by atoms with Crippen LogP contribution >= 0.6 is 0 Å². The van der Waals surface area contributed by atoms with E-state index in [4.69, 9.17) is 0 Å². The Bertz CT molecular complexity index is 737. The second-order valence-corrected chi connectivity index (χ2v) is 6.07. The Labute approximate surface area is 136 Å². The molecule has 2 heterocycles. The number of hydrogen-bond donors (Lipinski definition) is 1. The van der Waals surface area contributed by atoms with Crippen LogP contribution in [0.25, 0.3) is 0 Å². The minimum Gasteiger partial charge on any atom is -0.373 e. The minimum absolute atomic E-state index is 0.0747. The number of likely N-dealkylation sites (N-methyl/N-ethyl adjacent to an activating group) is 1. The van der Waals surface area contributed by atoms with Gasteiger partial charge in [0.25, 0.3) is 0 Å². The van der Waals surface area contributed by atoms with Gasteiger partial charge < -0.3 is 15.1 Å². The highest BCUT2D eigenvalue weighted by molar-refractivity contribution is 5.90. The monoisotopic (exact) mass is 313 g/mol. The van der Waals surface area contributed by atoms with Crippen molar-refractivity contribution in [2.45, 2.75) is 20.4 Å². The molecule has 1 aliphatic heterocycles. The molecule has 23 heavy (non-hydrogen) atoms. The lowest BCUT2D eigenvalue weighted by molar-refractivity contribution is 0.212. The SMILES string of the molecule is Cc1nn(C)c(C)c1NC(=O)N1CCN(C)c2ccccc2C1. The molecule has 0 radical (unpaired) electrons. The van der Waals surface area contributed by atoms with E-state index in [1.54, 1.807) is 4.68 Å². The van der Waals surface area contributed by atoms with Crippen molar-refractivity contribution in [1.82, 2.24) is 14.7 Å². The predicted octanol–water partition coefficient (Wildman–Crippen LogP) is 2.52. The lowest BCUT2D eigenvalue weighted by Gasteiger charge is -2.21. The van der Waals surface area contributed by atoms with E-state index < -0.39 is 0 Å². The molecule has 0 unspecified atom stereocenters. The van der Waals surface area contributed by atoms with Gasteiger partial charge in [0.15, 0.2) is 0 Å². The van der Waals surface area contributed by atoms with Gasteiger partial charge in [0.2, 0.25) is 0 Å². The molecule has 1 aromatic heterocycles. The topological polar surface area (TPSA) is 53.4 Å². The van der Waals surface area contributed by atoms with Crippen molar-refractivity contribution in [3.63, 3.8) is 0 Å². The van der Waals surface area contributed by atoms with Gasteiger partial charge in [-0.05, 0) is 25.5 Å². The van der Waals surface area contributed by atoms with Crippen LogP contribution in [0.4, 0.5) is 16.2 Å². The van der Waals surface area contributed by atoms with Crippen molar-refractivity contribution >= 4 is 17.4 Å². The maximum atomic E-state index is 12.7. The number of para-hydroxylation sites is 1. The molecule has 0 spiro atoms. The Morgan fingerprint density at radius 3 is 2.61 bits per heavy atom. The van der Waals surface area contributed by atoms with Gasteiger partial charge in [-0.15, -0.1) is 0 Å². The Morgan fingerprint density at radius 1 is 1.17 bits per heavy atom. The van der Waals surface area contributed by atoms with Gasteiger partial charge in [0.05, 0.1) is 17.1 Å². The molecule has 0 fully saturated rings. The third-order valence-corrected chi connectivity index (χ3v) is 4.50. The number of carbonyl (C=O) groups is 1. The number of hydrogen-bond acceptors (Lipinski definition) is 3. The molecular formula is C17H23N5O. The molecule has 0 aliphatic carbocycles. The summed E-state index contributed by atoms with van der Waals surface area (Å²) in [6.07, 6.45) is 0. The molecule has 1 aromatic carbocycles. The first-order chi connectivity index (χ1) is 11.0. The van der Waals surface area contributed by atoms with E-state index in [1.807, 2.05) is 37.9 Å². The van der Waals surface area contributed by atoms with E-state index in [-0.39, 0.29) is 6.03 Å². The fraction of sp³-hybridized carbons (Fsp3) is 0.412. The summed E-state index contributed by atoms with van der Waals surface area (Å²) in [6.45, 7) is 5.99. The Balaban J connectivity index is 1.81. The molecule has 0 bridgehead atoms. The number of rotatable bonds is 1. The highest BCUT2D eigenvalue weighted by Gasteiger charge is 2.22. The highest BCUT2D eigenvalue weighted by Crippen LogP contribution is 2.25. The van der Waals surface area contributed by atoms with Crippen LogP contribution in [0.15, 0.2) is 24.3 Å². The molecule has 6 heteroatoms. The van der Waals surface area contributed by atoms with E-state index in [9.17, 15) is 4.79 Å². The summed E-state index contributed by atoms with van der Waals surface area (Å²) in [5.41, 5.74) is 4.97. The first kappa shape index (κ1) is 15.4. The van der Waals surface area contributed by atoms with Gasteiger partial charge in [0, 0.05) is 39.4 Å². The van der Waals surface area contributed by atoms with Crippen LogP contribution in [0, 0.1) is 13.8 Å². The number of nitrogens with zero attached hydrogens (tertiary/aromatic N) is 4. The number of fused-ring (bicyclic) bond motifs is 1. The zero-order valence-electron chi connectivity index (χ0n) is 14.1. The van der Waals surface area contributed by atoms with E-state index in [0.717, 1.165) is 23.6 Å². The van der Waals surface area contributed by atoms with Crippen LogP contribution in [-0.4, -0.2) is 40.8 Å². The molecule has 0 saturated heterocycles. The van der Waals surface area contributed by atoms with E-state index in [2.05, 4.69) is 34.5 Å². The number of urea groups is 1. The number of amides is 2. The summed E-state index contributed by atoms with van der Waals surface area (Å²) >= 11 is 0. The zero-order valence-corrected chi connectivity index (χ0v) is 14.1. The molecule has 0 atom stereocenters. The van der Waals surface area contributed by atoms with Crippen LogP contribution in [0.2, 0.25) is 0 Å². The van der Waals surface area contributed by atoms with E-state index in [0.29, 0.717) is 13.1 Å². The van der Waals surface area contributed by atoms with Crippen LogP contribution < -0.4 is 10.2 Å². The van der Waals surface area contributed by atoms with Crippen molar-refractivity contribution in [3.05, 3.63) is 41.2 Å². The summed E-state index contributed by atoms with van der Waals surface area (Å²) in [5.74, 6) is 0. The molecule has 122 valence electrons. The molecule has 3 rings (SSSR count). The molecule has 2 amide bonds. The second kappa shape index (κ2) is 5.95. The summed E-state index contributed by atoms with van der Waals surface area (Å²) in [6, 6.07) is 8.16. The van der Waals surface area contributed by atoms with E-state index >= 15 is 0 Å². The van der Waals surface area contributed by atoms with Crippen molar-refractivity contribution < 1.29 is 4.79 Å². The Kier molecular flexibility index (Phi) is 3.98. The van der Waals surface area contributed by atoms with Gasteiger partial charge in [-0.1, -0.05) is 18.2 Å². The van der Waals surface area contributed by atoms with Crippen LogP contribution in [0.1, 0.15) is 17.0 Å². The smallest absolute Gasteiger partial charge is 0.322 e. The van der Waals surface area contributed by atoms with Crippen LogP contribution in [0.3, 0.4) is 0 Å². The number of nitrogens with one attached hydrogen (secondary N) is 1. The lowest BCUT2D eigenvalue weighted by atomic mass is 10.1. The molecular weight excluding hydrogens is 290 g/mol. The molecule has 6 nitrogen and oxygen atoms in total. The van der Waals surface area contributed by atoms with Crippen molar-refractivity contribution in [1.29, 1.82) is 0 Å². The molecule has 1 aliphatic rings. The van der Waals surface area contributed by atoms with Gasteiger partial charge in [-0.25, -0.2) is 4.79 Å². The normalized spacial score (nSPS) is 14.4. The first-order valence-electron chi connectivity index (χ1n) is 7.82. The zero-order chi connectivity index (χ0) is 16.6. The maximum Gasteiger partial charge on any atom is 0.322 e. The predicted molar refractivity (Wildman–Crippen MR) is 91.8 cm³/mol. The Morgan fingerprint density at radius 2 is 1.91 bits per heavy atom. The summed E-state index contributed by atoms with van der Waals surface area (Å²) in [4.78, 5) is 16.8. The lowest BCUT2D eigenvalue weighted by Crippen LogP contribution is -2.37. The molecule has 2 aromatic rings. The van der Waals surface area contributed by atoms with Crippen LogP contribution in [-0.2, 0) is 13.6 Å². The quantitative estimate of drug-likeness (QED) is 0.880. The first-order valence-corrected chi connectivity index (χ1v) is 7.82. The summed E-state index contributed by atoms with van der Waals surface area (Å²) in [7, 11) is 3.95. The standard InChI is InChI=1S/C17H23N5O/c1-12-16(13(2)21(4)19-12)18-17(23)22-10-9-20(3)15-8-6-5-7-14(15)11-22/h5-8H,9-11H2,1-4H3,(H,18,23). The second-order valence-electron chi connectivity index (χ2n) is 6.07. The van der Waals surface area contributed by atoms with E-state index in [1.165, 1.54) is 11.3 Å². The van der Waals surface area contributed by atoms with Gasteiger partial charge >= 0.3 is 6.03 Å². The maximum absolute atomic E-state index is 12.7. The average Bonchev–Trinajstić information content (AvgIpc) is 2.70. The van der Waals surface area contributed by atoms with Gasteiger partial charge in [0.1, 0.15) is 0 Å². The molecule has 0 saturated carbocycles. The average molecular weight is 313 g/mol. The number of aromatic nitrogens is 2. The summed E-state index contributed by atoms with van der Waals surface area (Å²) < 4.78 is 1.79. The van der Waals surface area contributed by atoms with Crippen molar-refractivity contribution in [2.24, 2.45) is 7.05 Å². The summed E-state index contributed by atoms with van der Waals surface area (Å²) in [5, 5.41) is 7.38. The highest BCUT2D eigenvalue weighted by atomic mass is 16.2. The van der Waals surface area contributed by atoms with Crippen LogP contribution in [0.5, 0.6) is 0 Å². The number of benzene rings is 1. The Hall–Kier alpha value is -2.50. The third-order valence-electron chi connectivity index (χ3n) is 4.50. The minimum atomic E-state index is -0.0747. The third kappa shape index (κ3) is 2.88. The van der Waals surface area contributed by atoms with Gasteiger partial charge in [-0.2, -0.15) is 5.10 Å². The molecule has 1 N–H and O–H groups in total. The van der Waals surface area contributed by atoms with Crippen molar-refractivity contribution in [2.75, 3.05) is 30.4 Å².